The molecule has 0 aliphatic heterocycles. The molecule has 0 bridgehead atoms. The van der Waals surface area contributed by atoms with Crippen LogP contribution in [0.3, 0.4) is 0 Å². The fourth-order valence-corrected chi connectivity index (χ4v) is 0.121. The Bertz CT molecular complexity index is 89.4. The molecule has 0 amide bonds. The first kappa shape index (κ1) is 8.57. The second-order valence-electron chi connectivity index (χ2n) is 1.17. The van der Waals surface area contributed by atoms with Crippen molar-refractivity contribution in [3.63, 3.8) is 0 Å². The first-order valence-electron chi connectivity index (χ1n) is 1.70. The summed E-state index contributed by atoms with van der Waals surface area (Å²) in [5.41, 5.74) is 0. The van der Waals surface area contributed by atoms with Gasteiger partial charge in [-0.1, -0.05) is 0 Å². The largest absolute Gasteiger partial charge is 0.438 e. The number of halogens is 5. The second kappa shape index (κ2) is 2.44. The fraction of sp³-hybridized carbons (Fsp3) is 1.00. The first-order valence-corrected chi connectivity index (χ1v) is 1.70. The van der Waals surface area contributed by atoms with Crippen LogP contribution in [0, 0.1) is 0 Å². The van der Waals surface area contributed by atoms with Crippen LogP contribution in [0.4, 0.5) is 22.0 Å². The Hall–Kier alpha value is -0.430. The van der Waals surface area contributed by atoms with Crippen LogP contribution in [0.2, 0.25) is 0 Å². The molecule has 0 heterocycles. The summed E-state index contributed by atoms with van der Waals surface area (Å²) >= 11 is 0. The molecule has 0 saturated carbocycles. The highest BCUT2D eigenvalue weighted by Gasteiger charge is 2.45. The lowest BCUT2D eigenvalue weighted by molar-refractivity contribution is -0.362. The number of hydrogen-bond donors (Lipinski definition) is 1. The van der Waals surface area contributed by atoms with Crippen molar-refractivity contribution in [2.45, 2.75) is 12.5 Å². The van der Waals surface area contributed by atoms with Crippen LogP contribution in [-0.4, -0.2) is 23.0 Å². The zero-order chi connectivity index (χ0) is 7.65. The van der Waals surface area contributed by atoms with Gasteiger partial charge in [0, 0.05) is 5.29 Å². The summed E-state index contributed by atoms with van der Waals surface area (Å²) in [6.07, 6.45) is -9.35. The van der Waals surface area contributed by atoms with Gasteiger partial charge >= 0.3 is 12.5 Å². The third-order valence-electron chi connectivity index (χ3n) is 0.457. The van der Waals surface area contributed by atoms with Crippen molar-refractivity contribution in [2.24, 2.45) is 0 Å². The van der Waals surface area contributed by atoms with Gasteiger partial charge in [0.05, 0.1) is 0 Å². The molecule has 56 valence electrons. The van der Waals surface area contributed by atoms with E-state index in [-0.39, 0.29) is 0 Å². The number of hydrogen-bond acceptors (Lipinski definition) is 2. The molecule has 0 aromatic rings. The molecule has 0 radical (unpaired) electrons. The van der Waals surface area contributed by atoms with Gasteiger partial charge < -0.3 is 0 Å². The summed E-state index contributed by atoms with van der Waals surface area (Å²) < 4.78 is 54.7. The topological polar surface area (TPSA) is 23.5 Å². The zero-order valence-corrected chi connectivity index (χ0v) is 3.86. The van der Waals surface area contributed by atoms with Gasteiger partial charge in [0.1, 0.15) is 0 Å². The Labute approximate surface area is 46.4 Å². The SMILES string of the molecule is ON(F)C(F)C(F)(F)F. The van der Waals surface area contributed by atoms with Crippen LogP contribution < -0.4 is 0 Å². The molecule has 0 spiro atoms. The summed E-state index contributed by atoms with van der Waals surface area (Å²) in [5, 5.41) is 5.19. The highest BCUT2D eigenvalue weighted by atomic mass is 19.4. The van der Waals surface area contributed by atoms with Gasteiger partial charge in [-0.2, -0.15) is 13.2 Å². The molecule has 0 aliphatic carbocycles. The van der Waals surface area contributed by atoms with Crippen molar-refractivity contribution < 1.29 is 27.3 Å². The number of alkyl halides is 4. The molecule has 0 aromatic heterocycles. The molecule has 7 heteroatoms. The number of rotatable bonds is 1. The maximum atomic E-state index is 11.2. The van der Waals surface area contributed by atoms with Crippen LogP contribution in [-0.2, 0) is 0 Å². The van der Waals surface area contributed by atoms with Crippen molar-refractivity contribution in [1.29, 1.82) is 0 Å². The van der Waals surface area contributed by atoms with Crippen LogP contribution in [0.1, 0.15) is 0 Å². The molecular formula is C2H2F5NO. The van der Waals surface area contributed by atoms with E-state index in [2.05, 4.69) is 0 Å². The van der Waals surface area contributed by atoms with Crippen LogP contribution >= 0.6 is 0 Å². The number of hydroxylamine groups is 1. The van der Waals surface area contributed by atoms with E-state index in [1.807, 2.05) is 0 Å². The average Bonchev–Trinajstić information content (AvgIpc) is 1.62. The molecule has 1 unspecified atom stereocenters. The standard InChI is InChI=1S/C2H2F5NO/c3-1(8(7)9)2(4,5)6/h1,9H. The van der Waals surface area contributed by atoms with Crippen LogP contribution in [0.5, 0.6) is 0 Å². The van der Waals surface area contributed by atoms with E-state index in [9.17, 15) is 22.0 Å². The second-order valence-corrected chi connectivity index (χ2v) is 1.17. The highest BCUT2D eigenvalue weighted by Crippen LogP contribution is 2.24. The first-order chi connectivity index (χ1) is 3.85. The average molecular weight is 151 g/mol. The third-order valence-corrected chi connectivity index (χ3v) is 0.457. The van der Waals surface area contributed by atoms with Gasteiger partial charge in [-0.05, 0) is 0 Å². The lowest BCUT2D eigenvalue weighted by atomic mass is 10.6. The quantitative estimate of drug-likeness (QED) is 0.265. The lowest BCUT2D eigenvalue weighted by Crippen LogP contribution is -2.35. The molecule has 0 saturated heterocycles. The molecule has 9 heavy (non-hydrogen) atoms. The van der Waals surface area contributed by atoms with E-state index >= 15 is 0 Å². The minimum Gasteiger partial charge on any atom is -0.283 e. The predicted molar refractivity (Wildman–Crippen MR) is 15.7 cm³/mol. The minimum atomic E-state index is -5.39. The molecule has 0 rings (SSSR count). The Balaban J connectivity index is 3.88. The van der Waals surface area contributed by atoms with Gasteiger partial charge in [-0.25, -0.2) is 4.39 Å². The molecule has 1 atom stereocenters. The number of nitrogens with zero attached hydrogens (tertiary/aromatic N) is 1. The smallest absolute Gasteiger partial charge is 0.283 e. The van der Waals surface area contributed by atoms with Crippen LogP contribution in [0.25, 0.3) is 0 Å². The van der Waals surface area contributed by atoms with E-state index in [0.717, 1.165) is 0 Å². The van der Waals surface area contributed by atoms with Crippen molar-refractivity contribution in [3.05, 3.63) is 0 Å². The maximum absolute atomic E-state index is 11.2. The minimum absolute atomic E-state index is 2.04. The van der Waals surface area contributed by atoms with E-state index in [1.54, 1.807) is 0 Å². The monoisotopic (exact) mass is 151 g/mol. The van der Waals surface area contributed by atoms with Gasteiger partial charge in [0.2, 0.25) is 0 Å². The highest BCUT2D eigenvalue weighted by molar-refractivity contribution is 4.55. The van der Waals surface area contributed by atoms with Crippen molar-refractivity contribution in [3.8, 4) is 0 Å². The van der Waals surface area contributed by atoms with Gasteiger partial charge in [-0.3, -0.25) is 5.21 Å². The van der Waals surface area contributed by atoms with E-state index in [1.165, 1.54) is 0 Å². The molecule has 0 aliphatic rings. The summed E-state index contributed by atoms with van der Waals surface area (Å²) in [6, 6.07) is 0. The van der Waals surface area contributed by atoms with Crippen LogP contribution in [0.15, 0.2) is 0 Å². The normalized spacial score (nSPS) is 16.3. The lowest BCUT2D eigenvalue weighted by Gasteiger charge is -2.12. The summed E-state index contributed by atoms with van der Waals surface area (Å²) in [7, 11) is 0. The summed E-state index contributed by atoms with van der Waals surface area (Å²) in [5.74, 6) is 0. The molecule has 0 aromatic carbocycles. The molecule has 0 fully saturated rings. The maximum Gasteiger partial charge on any atom is 0.438 e. The predicted octanol–water partition coefficient (Wildman–Crippen LogP) is 1.42. The molecule has 1 N–H and O–H groups in total. The van der Waals surface area contributed by atoms with E-state index < -0.39 is 17.8 Å². The Morgan fingerprint density at radius 3 is 1.67 bits per heavy atom. The van der Waals surface area contributed by atoms with E-state index in [0.29, 0.717) is 0 Å². The van der Waals surface area contributed by atoms with Gasteiger partial charge in [0.25, 0.3) is 0 Å². The van der Waals surface area contributed by atoms with E-state index in [4.69, 9.17) is 5.21 Å². The Morgan fingerprint density at radius 1 is 1.33 bits per heavy atom. The van der Waals surface area contributed by atoms with Crippen molar-refractivity contribution >= 4 is 0 Å². The third kappa shape index (κ3) is 2.56. The van der Waals surface area contributed by atoms with Crippen molar-refractivity contribution in [1.82, 2.24) is 5.29 Å². The van der Waals surface area contributed by atoms with Gasteiger partial charge in [-0.15, -0.1) is 4.48 Å². The molecular weight excluding hydrogens is 149 g/mol. The van der Waals surface area contributed by atoms with Gasteiger partial charge in [0.15, 0.2) is 0 Å². The fourth-order valence-electron chi connectivity index (χ4n) is 0.121. The molecule has 2 nitrogen and oxygen atoms in total. The Morgan fingerprint density at radius 2 is 1.67 bits per heavy atom. The summed E-state index contributed by atoms with van der Waals surface area (Å²) in [4.78, 5) is 0. The Kier molecular flexibility index (Phi) is 2.32. The van der Waals surface area contributed by atoms with Crippen molar-refractivity contribution in [2.75, 3.05) is 0 Å². The zero-order valence-electron chi connectivity index (χ0n) is 3.86. The summed E-state index contributed by atoms with van der Waals surface area (Å²) in [6.45, 7) is 0.